The van der Waals surface area contributed by atoms with Crippen molar-refractivity contribution < 1.29 is 4.39 Å². The first-order valence-corrected chi connectivity index (χ1v) is 6.36. The molecule has 0 aliphatic heterocycles. The van der Waals surface area contributed by atoms with E-state index in [4.69, 9.17) is 5.73 Å². The first kappa shape index (κ1) is 14.2. The van der Waals surface area contributed by atoms with Crippen LogP contribution in [0.5, 0.6) is 0 Å². The van der Waals surface area contributed by atoms with Crippen LogP contribution in [0.4, 0.5) is 4.39 Å². The molecular formula is C15H24FN. The van der Waals surface area contributed by atoms with Crippen molar-refractivity contribution in [2.45, 2.75) is 52.4 Å². The molecule has 0 fully saturated rings. The Morgan fingerprint density at radius 2 is 1.82 bits per heavy atom. The first-order valence-electron chi connectivity index (χ1n) is 6.36. The van der Waals surface area contributed by atoms with Gasteiger partial charge in [0.25, 0.3) is 0 Å². The van der Waals surface area contributed by atoms with Crippen LogP contribution in [0, 0.1) is 12.7 Å². The summed E-state index contributed by atoms with van der Waals surface area (Å²) in [6.45, 7) is 8.94. The molecule has 1 aromatic carbocycles. The fraction of sp³-hybridized carbons (Fsp3) is 0.600. The van der Waals surface area contributed by atoms with Gasteiger partial charge >= 0.3 is 0 Å². The van der Waals surface area contributed by atoms with E-state index in [-0.39, 0.29) is 11.2 Å². The number of halogens is 1. The molecule has 0 amide bonds. The number of hydrogen-bond acceptors (Lipinski definition) is 1. The molecule has 0 bridgehead atoms. The summed E-state index contributed by atoms with van der Waals surface area (Å²) in [6, 6.07) is 3.82. The van der Waals surface area contributed by atoms with E-state index in [0.717, 1.165) is 36.0 Å². The number of aryl methyl sites for hydroxylation is 1. The zero-order valence-corrected chi connectivity index (χ0v) is 11.4. The summed E-state index contributed by atoms with van der Waals surface area (Å²) in [4.78, 5) is 0. The van der Waals surface area contributed by atoms with Gasteiger partial charge in [0.15, 0.2) is 0 Å². The van der Waals surface area contributed by atoms with Crippen LogP contribution in [0.15, 0.2) is 12.1 Å². The van der Waals surface area contributed by atoms with E-state index in [1.807, 2.05) is 6.92 Å². The SMILES string of the molecule is Cc1c(F)cc(CCCCN)cc1C(C)(C)C. The smallest absolute Gasteiger partial charge is 0.126 e. The van der Waals surface area contributed by atoms with E-state index < -0.39 is 0 Å². The van der Waals surface area contributed by atoms with Gasteiger partial charge in [-0.1, -0.05) is 26.8 Å². The van der Waals surface area contributed by atoms with Crippen LogP contribution in [0.1, 0.15) is 50.3 Å². The van der Waals surface area contributed by atoms with Crippen LogP contribution in [0.2, 0.25) is 0 Å². The third kappa shape index (κ3) is 3.81. The summed E-state index contributed by atoms with van der Waals surface area (Å²) in [5.74, 6) is -0.0832. The van der Waals surface area contributed by atoms with Crippen molar-refractivity contribution in [2.24, 2.45) is 5.73 Å². The van der Waals surface area contributed by atoms with Crippen LogP contribution in [-0.4, -0.2) is 6.54 Å². The molecule has 96 valence electrons. The monoisotopic (exact) mass is 237 g/mol. The van der Waals surface area contributed by atoms with Crippen LogP contribution in [0.25, 0.3) is 0 Å². The average molecular weight is 237 g/mol. The molecule has 0 aromatic heterocycles. The number of nitrogens with two attached hydrogens (primary N) is 1. The Kier molecular flexibility index (Phi) is 4.70. The van der Waals surface area contributed by atoms with E-state index in [9.17, 15) is 4.39 Å². The van der Waals surface area contributed by atoms with E-state index >= 15 is 0 Å². The molecule has 0 atom stereocenters. The van der Waals surface area contributed by atoms with Crippen molar-refractivity contribution in [3.8, 4) is 0 Å². The largest absolute Gasteiger partial charge is 0.330 e. The van der Waals surface area contributed by atoms with Gasteiger partial charge in [-0.05, 0) is 60.9 Å². The minimum atomic E-state index is -0.0832. The van der Waals surface area contributed by atoms with Gasteiger partial charge in [-0.25, -0.2) is 4.39 Å². The second-order valence-corrected chi connectivity index (χ2v) is 5.75. The Morgan fingerprint density at radius 3 is 2.35 bits per heavy atom. The molecule has 0 aliphatic rings. The normalized spacial score (nSPS) is 11.9. The second kappa shape index (κ2) is 5.63. The van der Waals surface area contributed by atoms with Crippen molar-refractivity contribution in [3.63, 3.8) is 0 Å². The fourth-order valence-corrected chi connectivity index (χ4v) is 2.13. The van der Waals surface area contributed by atoms with Crippen molar-refractivity contribution >= 4 is 0 Å². The summed E-state index contributed by atoms with van der Waals surface area (Å²) >= 11 is 0. The third-order valence-electron chi connectivity index (χ3n) is 3.13. The Bertz CT molecular complexity index is 377. The lowest BCUT2D eigenvalue weighted by molar-refractivity contribution is 0.559. The highest BCUT2D eigenvalue weighted by molar-refractivity contribution is 5.37. The molecule has 1 nitrogen and oxygen atoms in total. The lowest BCUT2D eigenvalue weighted by Crippen LogP contribution is -2.14. The minimum Gasteiger partial charge on any atom is -0.330 e. The molecule has 0 spiro atoms. The van der Waals surface area contributed by atoms with Crippen LogP contribution >= 0.6 is 0 Å². The van der Waals surface area contributed by atoms with Gasteiger partial charge in [0.05, 0.1) is 0 Å². The minimum absolute atomic E-state index is 0.00516. The van der Waals surface area contributed by atoms with E-state index in [0.29, 0.717) is 6.54 Å². The lowest BCUT2D eigenvalue weighted by Gasteiger charge is -2.23. The highest BCUT2D eigenvalue weighted by Gasteiger charge is 2.19. The summed E-state index contributed by atoms with van der Waals surface area (Å²) in [5.41, 5.74) is 8.45. The predicted octanol–water partition coefficient (Wildman–Crippen LogP) is 3.71. The van der Waals surface area contributed by atoms with Crippen LogP contribution in [0.3, 0.4) is 0 Å². The Balaban J connectivity index is 2.98. The predicted molar refractivity (Wildman–Crippen MR) is 71.8 cm³/mol. The number of unbranched alkanes of at least 4 members (excludes halogenated alkanes) is 1. The van der Waals surface area contributed by atoms with Crippen LogP contribution in [-0.2, 0) is 11.8 Å². The topological polar surface area (TPSA) is 26.0 Å². The average Bonchev–Trinajstić information content (AvgIpc) is 2.21. The highest BCUT2D eigenvalue weighted by atomic mass is 19.1. The maximum atomic E-state index is 13.9. The quantitative estimate of drug-likeness (QED) is 0.794. The molecule has 0 unspecified atom stereocenters. The summed E-state index contributed by atoms with van der Waals surface area (Å²) in [6.07, 6.45) is 2.94. The fourth-order valence-electron chi connectivity index (χ4n) is 2.13. The van der Waals surface area contributed by atoms with Crippen molar-refractivity contribution in [1.29, 1.82) is 0 Å². The number of hydrogen-bond donors (Lipinski definition) is 1. The third-order valence-corrected chi connectivity index (χ3v) is 3.13. The second-order valence-electron chi connectivity index (χ2n) is 5.75. The van der Waals surface area contributed by atoms with Gasteiger partial charge in [-0.2, -0.15) is 0 Å². The first-order chi connectivity index (χ1) is 7.86. The maximum absolute atomic E-state index is 13.9. The molecule has 2 N–H and O–H groups in total. The molecule has 0 aliphatic carbocycles. The summed E-state index contributed by atoms with van der Waals surface area (Å²) in [7, 11) is 0. The molecule has 0 heterocycles. The number of rotatable bonds is 4. The molecule has 1 rings (SSSR count). The van der Waals surface area contributed by atoms with Gasteiger partial charge in [-0.3, -0.25) is 0 Å². The molecule has 0 saturated heterocycles. The maximum Gasteiger partial charge on any atom is 0.126 e. The summed E-state index contributed by atoms with van der Waals surface area (Å²) in [5, 5.41) is 0. The van der Waals surface area contributed by atoms with Gasteiger partial charge in [0, 0.05) is 0 Å². The van der Waals surface area contributed by atoms with Crippen molar-refractivity contribution in [3.05, 3.63) is 34.6 Å². The lowest BCUT2D eigenvalue weighted by atomic mass is 9.82. The molecule has 0 radical (unpaired) electrons. The van der Waals surface area contributed by atoms with Gasteiger partial charge in [0.2, 0.25) is 0 Å². The standard InChI is InChI=1S/C15H24FN/c1-11-13(15(2,3)4)9-12(10-14(11)16)7-5-6-8-17/h9-10H,5-8,17H2,1-4H3. The van der Waals surface area contributed by atoms with E-state index in [1.54, 1.807) is 6.07 Å². The Hall–Kier alpha value is -0.890. The highest BCUT2D eigenvalue weighted by Crippen LogP contribution is 2.28. The molecule has 17 heavy (non-hydrogen) atoms. The number of benzene rings is 1. The van der Waals surface area contributed by atoms with Crippen LogP contribution < -0.4 is 5.73 Å². The van der Waals surface area contributed by atoms with E-state index in [1.165, 1.54) is 0 Å². The molecule has 2 heteroatoms. The molecule has 0 saturated carbocycles. The van der Waals surface area contributed by atoms with Gasteiger partial charge in [-0.15, -0.1) is 0 Å². The zero-order chi connectivity index (χ0) is 13.1. The molecule has 1 aromatic rings. The van der Waals surface area contributed by atoms with Gasteiger partial charge < -0.3 is 5.73 Å². The molecular weight excluding hydrogens is 213 g/mol. The van der Waals surface area contributed by atoms with Crippen molar-refractivity contribution in [1.82, 2.24) is 0 Å². The Labute approximate surface area is 104 Å². The summed E-state index contributed by atoms with van der Waals surface area (Å²) < 4.78 is 13.9. The zero-order valence-electron chi connectivity index (χ0n) is 11.4. The van der Waals surface area contributed by atoms with Crippen molar-refractivity contribution in [2.75, 3.05) is 6.54 Å². The Morgan fingerprint density at radius 1 is 1.18 bits per heavy atom. The van der Waals surface area contributed by atoms with E-state index in [2.05, 4.69) is 26.8 Å². The van der Waals surface area contributed by atoms with Gasteiger partial charge in [0.1, 0.15) is 5.82 Å².